The van der Waals surface area contributed by atoms with Crippen molar-refractivity contribution in [2.45, 2.75) is 43.4 Å². The molecule has 2 aliphatic rings. The van der Waals surface area contributed by atoms with E-state index in [1.54, 1.807) is 11.0 Å². The number of sulfonamides is 1. The molecule has 28 heavy (non-hydrogen) atoms. The van der Waals surface area contributed by atoms with Gasteiger partial charge >= 0.3 is 5.97 Å². The van der Waals surface area contributed by atoms with Crippen LogP contribution in [0, 0.1) is 11.8 Å². The minimum absolute atomic E-state index is 0.0343. The van der Waals surface area contributed by atoms with Crippen LogP contribution in [0.1, 0.15) is 38.5 Å². The molecule has 2 atom stereocenters. The van der Waals surface area contributed by atoms with Crippen molar-refractivity contribution in [3.8, 4) is 5.75 Å². The number of anilines is 1. The number of aliphatic carboxylic acids is 1. The molecule has 1 aromatic carbocycles. The molecule has 0 aromatic heterocycles. The normalized spacial score (nSPS) is 23.0. The molecule has 1 amide bonds. The molecule has 1 aromatic rings. The highest BCUT2D eigenvalue weighted by molar-refractivity contribution is 7.89. The summed E-state index contributed by atoms with van der Waals surface area (Å²) in [7, 11) is -2.54. The number of nitrogens with one attached hydrogen (secondary N) is 1. The third-order valence-corrected chi connectivity index (χ3v) is 7.03. The Hall–Kier alpha value is -2.13. The number of carbonyl (C=O) groups excluding carboxylic acids is 1. The van der Waals surface area contributed by atoms with Crippen LogP contribution in [-0.2, 0) is 19.6 Å². The smallest absolute Gasteiger partial charge is 0.306 e. The Bertz CT molecular complexity index is 854. The van der Waals surface area contributed by atoms with Crippen LogP contribution >= 0.6 is 0 Å². The van der Waals surface area contributed by atoms with Crippen molar-refractivity contribution in [1.82, 2.24) is 4.72 Å². The van der Waals surface area contributed by atoms with Crippen molar-refractivity contribution in [3.63, 3.8) is 0 Å². The van der Waals surface area contributed by atoms with E-state index in [0.29, 0.717) is 31.5 Å². The Balaban J connectivity index is 1.82. The minimum Gasteiger partial charge on any atom is -0.495 e. The van der Waals surface area contributed by atoms with Gasteiger partial charge in [0.1, 0.15) is 10.6 Å². The zero-order valence-electron chi connectivity index (χ0n) is 15.9. The largest absolute Gasteiger partial charge is 0.495 e. The fourth-order valence-electron chi connectivity index (χ4n) is 4.04. The van der Waals surface area contributed by atoms with Crippen molar-refractivity contribution in [3.05, 3.63) is 18.2 Å². The van der Waals surface area contributed by atoms with E-state index in [9.17, 15) is 23.1 Å². The maximum absolute atomic E-state index is 12.9. The molecule has 0 bridgehead atoms. The van der Waals surface area contributed by atoms with Crippen LogP contribution in [0.2, 0.25) is 0 Å². The number of benzene rings is 1. The summed E-state index contributed by atoms with van der Waals surface area (Å²) in [5, 5.41) is 9.39. The number of hydrogen-bond acceptors (Lipinski definition) is 5. The van der Waals surface area contributed by atoms with Crippen LogP contribution < -0.4 is 14.4 Å². The summed E-state index contributed by atoms with van der Waals surface area (Å²) < 4.78 is 33.6. The van der Waals surface area contributed by atoms with Crippen molar-refractivity contribution < 1.29 is 27.9 Å². The van der Waals surface area contributed by atoms with Gasteiger partial charge in [-0.3, -0.25) is 9.59 Å². The van der Waals surface area contributed by atoms with Crippen LogP contribution in [-0.4, -0.2) is 45.6 Å². The fraction of sp³-hybridized carbons (Fsp3) is 0.579. The average molecular weight is 410 g/mol. The van der Waals surface area contributed by atoms with Crippen molar-refractivity contribution in [2.75, 3.05) is 25.1 Å². The number of nitrogens with zero attached hydrogens (tertiary/aromatic N) is 1. The summed E-state index contributed by atoms with van der Waals surface area (Å²) >= 11 is 0. The van der Waals surface area contributed by atoms with E-state index in [-0.39, 0.29) is 29.0 Å². The molecule has 1 saturated heterocycles. The number of carbonyl (C=O) groups is 2. The van der Waals surface area contributed by atoms with Gasteiger partial charge in [-0.1, -0.05) is 12.8 Å². The lowest BCUT2D eigenvalue weighted by Gasteiger charge is -2.28. The standard InChI is InChI=1S/C19H26N2O6S/c1-27-16-9-8-14(21-10-4-7-18(21)22)11-17(16)28(25,26)20-12-13-5-2-3-6-15(13)19(23)24/h8-9,11,13,15,20H,2-7,10,12H2,1H3,(H,23,24)/t13-,15-/m0/s1. The zero-order valence-corrected chi connectivity index (χ0v) is 16.7. The Morgan fingerprint density at radius 3 is 2.68 bits per heavy atom. The molecule has 1 aliphatic carbocycles. The van der Waals surface area contributed by atoms with Gasteiger partial charge in [0.15, 0.2) is 0 Å². The van der Waals surface area contributed by atoms with Crippen LogP contribution in [0.25, 0.3) is 0 Å². The molecule has 1 saturated carbocycles. The van der Waals surface area contributed by atoms with E-state index in [1.165, 1.54) is 19.2 Å². The molecule has 154 valence electrons. The number of rotatable bonds is 7. The van der Waals surface area contributed by atoms with Crippen molar-refractivity contribution in [1.29, 1.82) is 0 Å². The molecule has 2 N–H and O–H groups in total. The number of amides is 1. The van der Waals surface area contributed by atoms with Gasteiger partial charge in [-0.2, -0.15) is 0 Å². The highest BCUT2D eigenvalue weighted by atomic mass is 32.2. The van der Waals surface area contributed by atoms with Gasteiger partial charge in [-0.15, -0.1) is 0 Å². The predicted octanol–water partition coefficient (Wildman–Crippen LogP) is 1.99. The lowest BCUT2D eigenvalue weighted by molar-refractivity contribution is -0.144. The molecular weight excluding hydrogens is 384 g/mol. The van der Waals surface area contributed by atoms with Gasteiger partial charge in [0, 0.05) is 25.2 Å². The molecule has 1 aliphatic heterocycles. The number of carboxylic acid groups (broad SMARTS) is 1. The van der Waals surface area contributed by atoms with Crippen LogP contribution in [0.4, 0.5) is 5.69 Å². The lowest BCUT2D eigenvalue weighted by Crippen LogP contribution is -2.37. The maximum atomic E-state index is 12.9. The summed E-state index contributed by atoms with van der Waals surface area (Å²) in [4.78, 5) is 25.0. The number of carboxylic acids is 1. The summed E-state index contributed by atoms with van der Waals surface area (Å²) in [6, 6.07) is 4.65. The topological polar surface area (TPSA) is 113 Å². The highest BCUT2D eigenvalue weighted by Crippen LogP contribution is 2.33. The van der Waals surface area contributed by atoms with Crippen molar-refractivity contribution in [2.24, 2.45) is 11.8 Å². The van der Waals surface area contributed by atoms with E-state index >= 15 is 0 Å². The molecular formula is C19H26N2O6S. The number of methoxy groups -OCH3 is 1. The first kappa shape index (κ1) is 20.6. The van der Waals surface area contributed by atoms with E-state index in [0.717, 1.165) is 19.3 Å². The summed E-state index contributed by atoms with van der Waals surface area (Å²) in [5.41, 5.74) is 0.518. The molecule has 0 unspecified atom stereocenters. The Morgan fingerprint density at radius 2 is 2.04 bits per heavy atom. The second-order valence-corrected chi connectivity index (χ2v) is 9.06. The molecule has 0 radical (unpaired) electrons. The van der Waals surface area contributed by atoms with Gasteiger partial charge in [0.2, 0.25) is 15.9 Å². The van der Waals surface area contributed by atoms with Gasteiger partial charge in [0.05, 0.1) is 13.0 Å². The lowest BCUT2D eigenvalue weighted by atomic mass is 9.79. The third-order valence-electron chi connectivity index (χ3n) is 5.58. The second kappa shape index (κ2) is 8.48. The molecule has 9 heteroatoms. The van der Waals surface area contributed by atoms with Gasteiger partial charge in [-0.25, -0.2) is 13.1 Å². The molecule has 2 fully saturated rings. The molecule has 3 rings (SSSR count). The van der Waals surface area contributed by atoms with Gasteiger partial charge < -0.3 is 14.7 Å². The van der Waals surface area contributed by atoms with E-state index in [1.807, 2.05) is 0 Å². The monoisotopic (exact) mass is 410 g/mol. The number of ether oxygens (including phenoxy) is 1. The number of hydrogen-bond donors (Lipinski definition) is 2. The first-order valence-electron chi connectivity index (χ1n) is 9.54. The van der Waals surface area contributed by atoms with E-state index < -0.39 is 21.9 Å². The van der Waals surface area contributed by atoms with E-state index in [2.05, 4.69) is 4.72 Å². The van der Waals surface area contributed by atoms with Gasteiger partial charge in [-0.05, 0) is 43.4 Å². The Morgan fingerprint density at radius 1 is 1.29 bits per heavy atom. The quantitative estimate of drug-likeness (QED) is 0.711. The van der Waals surface area contributed by atoms with Gasteiger partial charge in [0.25, 0.3) is 0 Å². The van der Waals surface area contributed by atoms with Crippen LogP contribution in [0.3, 0.4) is 0 Å². The molecule has 0 spiro atoms. The average Bonchev–Trinajstić information content (AvgIpc) is 3.12. The SMILES string of the molecule is COc1ccc(N2CCCC2=O)cc1S(=O)(=O)NC[C@@H]1CCCC[C@@H]1C(=O)O. The summed E-state index contributed by atoms with van der Waals surface area (Å²) in [5.74, 6) is -1.51. The first-order chi connectivity index (χ1) is 13.3. The van der Waals surface area contributed by atoms with Crippen LogP contribution in [0.5, 0.6) is 5.75 Å². The van der Waals surface area contributed by atoms with E-state index in [4.69, 9.17) is 4.74 Å². The zero-order chi connectivity index (χ0) is 20.3. The molecule has 8 nitrogen and oxygen atoms in total. The predicted molar refractivity (Wildman–Crippen MR) is 103 cm³/mol. The second-order valence-electron chi connectivity index (χ2n) is 7.33. The Labute approximate surface area is 164 Å². The van der Waals surface area contributed by atoms with Crippen molar-refractivity contribution >= 4 is 27.6 Å². The minimum atomic E-state index is -3.93. The third kappa shape index (κ3) is 4.30. The van der Waals surface area contributed by atoms with Crippen LogP contribution in [0.15, 0.2) is 23.1 Å². The first-order valence-corrected chi connectivity index (χ1v) is 11.0. The Kier molecular flexibility index (Phi) is 6.24. The fourth-order valence-corrected chi connectivity index (χ4v) is 5.32. The summed E-state index contributed by atoms with van der Waals surface area (Å²) in [6.45, 7) is 0.621. The summed E-state index contributed by atoms with van der Waals surface area (Å²) in [6.07, 6.45) is 4.18. The maximum Gasteiger partial charge on any atom is 0.306 e. The highest BCUT2D eigenvalue weighted by Gasteiger charge is 2.32. The molecule has 1 heterocycles.